The Kier molecular flexibility index (Phi) is 2.73. The van der Waals surface area contributed by atoms with Crippen molar-refractivity contribution in [2.24, 2.45) is 5.92 Å². The molecule has 1 atom stereocenters. The summed E-state index contributed by atoms with van der Waals surface area (Å²) in [7, 11) is 0. The van der Waals surface area contributed by atoms with E-state index in [-0.39, 0.29) is 5.92 Å². The molecule has 0 spiro atoms. The lowest BCUT2D eigenvalue weighted by atomic mass is 10.1. The molecule has 0 aromatic carbocycles. The van der Waals surface area contributed by atoms with Crippen molar-refractivity contribution in [2.45, 2.75) is 6.42 Å². The normalized spacial score (nSPS) is 20.6. The van der Waals surface area contributed by atoms with Gasteiger partial charge in [0, 0.05) is 13.1 Å². The van der Waals surface area contributed by atoms with E-state index in [4.69, 9.17) is 16.7 Å². The minimum atomic E-state index is -0.757. The molecule has 1 aliphatic heterocycles. The summed E-state index contributed by atoms with van der Waals surface area (Å²) in [5.41, 5.74) is 0. The highest BCUT2D eigenvalue weighted by molar-refractivity contribution is 6.29. The Labute approximate surface area is 91.7 Å². The predicted molar refractivity (Wildman–Crippen MR) is 55.0 cm³/mol. The van der Waals surface area contributed by atoms with Crippen LogP contribution in [0.1, 0.15) is 6.42 Å². The van der Waals surface area contributed by atoms with Crippen LogP contribution in [0, 0.1) is 5.92 Å². The van der Waals surface area contributed by atoms with Gasteiger partial charge in [0.15, 0.2) is 0 Å². The van der Waals surface area contributed by atoms with Crippen LogP contribution in [-0.2, 0) is 4.79 Å². The summed E-state index contributed by atoms with van der Waals surface area (Å²) in [5, 5.41) is 9.17. The number of carboxylic acid groups (broad SMARTS) is 1. The van der Waals surface area contributed by atoms with Crippen LogP contribution >= 0.6 is 11.6 Å². The average molecular weight is 228 g/mol. The van der Waals surface area contributed by atoms with Crippen molar-refractivity contribution >= 4 is 23.4 Å². The minimum Gasteiger partial charge on any atom is -0.481 e. The van der Waals surface area contributed by atoms with E-state index in [1.165, 1.54) is 6.20 Å². The zero-order chi connectivity index (χ0) is 10.8. The van der Waals surface area contributed by atoms with Crippen molar-refractivity contribution in [1.82, 2.24) is 9.97 Å². The van der Waals surface area contributed by atoms with Crippen molar-refractivity contribution in [3.8, 4) is 0 Å². The quantitative estimate of drug-likeness (QED) is 0.818. The van der Waals surface area contributed by atoms with Crippen LogP contribution in [0.4, 0.5) is 5.82 Å². The first-order valence-corrected chi connectivity index (χ1v) is 5.00. The third kappa shape index (κ3) is 2.18. The molecule has 2 rings (SSSR count). The van der Waals surface area contributed by atoms with E-state index in [1.807, 2.05) is 4.90 Å². The van der Waals surface area contributed by atoms with Crippen molar-refractivity contribution < 1.29 is 9.90 Å². The summed E-state index contributed by atoms with van der Waals surface area (Å²) >= 11 is 5.71. The van der Waals surface area contributed by atoms with Crippen LogP contribution in [-0.4, -0.2) is 34.1 Å². The van der Waals surface area contributed by atoms with Crippen LogP contribution in [0.2, 0.25) is 5.15 Å². The van der Waals surface area contributed by atoms with E-state index in [0.717, 1.165) is 0 Å². The minimum absolute atomic E-state index is 0.314. The van der Waals surface area contributed by atoms with Crippen molar-refractivity contribution in [3.63, 3.8) is 0 Å². The maximum Gasteiger partial charge on any atom is 0.308 e. The number of hydrogen-bond acceptors (Lipinski definition) is 4. The number of hydrogen-bond donors (Lipinski definition) is 1. The predicted octanol–water partition coefficient (Wildman–Crippen LogP) is 1.04. The number of carbonyl (C=O) groups is 1. The fraction of sp³-hybridized carbons (Fsp3) is 0.444. The van der Waals surface area contributed by atoms with E-state index < -0.39 is 5.97 Å². The molecule has 6 heteroatoms. The van der Waals surface area contributed by atoms with Gasteiger partial charge in [-0.05, 0) is 6.42 Å². The molecule has 0 radical (unpaired) electrons. The first-order valence-electron chi connectivity index (χ1n) is 4.62. The van der Waals surface area contributed by atoms with Crippen LogP contribution in [0.15, 0.2) is 12.4 Å². The van der Waals surface area contributed by atoms with Crippen LogP contribution in [0.5, 0.6) is 0 Å². The van der Waals surface area contributed by atoms with E-state index in [9.17, 15) is 4.79 Å². The second kappa shape index (κ2) is 4.02. The Morgan fingerprint density at radius 1 is 1.60 bits per heavy atom. The fourth-order valence-corrected chi connectivity index (χ4v) is 1.80. The van der Waals surface area contributed by atoms with Crippen molar-refractivity contribution in [3.05, 3.63) is 17.5 Å². The maximum atomic E-state index is 10.8. The molecule has 80 valence electrons. The first kappa shape index (κ1) is 10.2. The van der Waals surface area contributed by atoms with Gasteiger partial charge in [0.2, 0.25) is 0 Å². The zero-order valence-electron chi connectivity index (χ0n) is 7.93. The van der Waals surface area contributed by atoms with Gasteiger partial charge in [-0.2, -0.15) is 0 Å². The average Bonchev–Trinajstić information content (AvgIpc) is 2.66. The van der Waals surface area contributed by atoms with Gasteiger partial charge in [-0.25, -0.2) is 4.98 Å². The van der Waals surface area contributed by atoms with Gasteiger partial charge in [0.1, 0.15) is 11.0 Å². The van der Waals surface area contributed by atoms with Gasteiger partial charge in [0.25, 0.3) is 0 Å². The summed E-state index contributed by atoms with van der Waals surface area (Å²) in [6.07, 6.45) is 3.69. The fourth-order valence-electron chi connectivity index (χ4n) is 1.65. The third-order valence-corrected chi connectivity index (χ3v) is 2.64. The summed E-state index contributed by atoms with van der Waals surface area (Å²) in [6, 6.07) is 0. The number of aromatic nitrogens is 2. The molecule has 1 fully saturated rings. The second-order valence-corrected chi connectivity index (χ2v) is 3.86. The second-order valence-electron chi connectivity index (χ2n) is 3.47. The Bertz CT molecular complexity index is 385. The highest BCUT2D eigenvalue weighted by atomic mass is 35.5. The lowest BCUT2D eigenvalue weighted by Gasteiger charge is -2.15. The molecule has 0 bridgehead atoms. The lowest BCUT2D eigenvalue weighted by Crippen LogP contribution is -2.23. The smallest absolute Gasteiger partial charge is 0.308 e. The molecule has 5 nitrogen and oxygen atoms in total. The molecule has 1 N–H and O–H groups in total. The molecular formula is C9H10ClN3O2. The van der Waals surface area contributed by atoms with E-state index in [2.05, 4.69) is 9.97 Å². The molecule has 1 aliphatic rings. The summed E-state index contributed by atoms with van der Waals surface area (Å²) in [6.45, 7) is 1.16. The molecule has 1 unspecified atom stereocenters. The van der Waals surface area contributed by atoms with Gasteiger partial charge >= 0.3 is 5.97 Å². The highest BCUT2D eigenvalue weighted by Gasteiger charge is 2.28. The summed E-state index contributed by atoms with van der Waals surface area (Å²) in [5.74, 6) is -0.426. The lowest BCUT2D eigenvalue weighted by molar-refractivity contribution is -0.140. The standard InChI is InChI=1S/C9H10ClN3O2/c10-7-3-11-4-8(12-7)13-2-1-6(5-13)9(14)15/h3-4,6H,1-2,5H2,(H,14,15). The van der Waals surface area contributed by atoms with Gasteiger partial charge in [0.05, 0.1) is 18.3 Å². The van der Waals surface area contributed by atoms with Crippen LogP contribution in [0.25, 0.3) is 0 Å². The van der Waals surface area contributed by atoms with Crippen molar-refractivity contribution in [1.29, 1.82) is 0 Å². The molecule has 1 aromatic heterocycles. The zero-order valence-corrected chi connectivity index (χ0v) is 8.68. The Hall–Kier alpha value is -1.36. The highest BCUT2D eigenvalue weighted by Crippen LogP contribution is 2.22. The number of aliphatic carboxylic acids is 1. The Morgan fingerprint density at radius 2 is 2.40 bits per heavy atom. The number of halogens is 1. The van der Waals surface area contributed by atoms with E-state index in [0.29, 0.717) is 30.5 Å². The molecule has 0 aliphatic carbocycles. The number of carboxylic acids is 1. The van der Waals surface area contributed by atoms with Crippen molar-refractivity contribution in [2.75, 3.05) is 18.0 Å². The molecule has 2 heterocycles. The van der Waals surface area contributed by atoms with Gasteiger partial charge in [-0.1, -0.05) is 11.6 Å². The molecule has 1 saturated heterocycles. The summed E-state index contributed by atoms with van der Waals surface area (Å²) in [4.78, 5) is 20.6. The monoisotopic (exact) mass is 227 g/mol. The van der Waals surface area contributed by atoms with Gasteiger partial charge in [-0.15, -0.1) is 0 Å². The van der Waals surface area contributed by atoms with Crippen LogP contribution in [0.3, 0.4) is 0 Å². The topological polar surface area (TPSA) is 66.3 Å². The molecule has 15 heavy (non-hydrogen) atoms. The first-order chi connectivity index (χ1) is 7.16. The molecule has 0 amide bonds. The summed E-state index contributed by atoms with van der Waals surface area (Å²) < 4.78 is 0. The number of nitrogens with zero attached hydrogens (tertiary/aromatic N) is 3. The maximum absolute atomic E-state index is 10.8. The molecule has 1 aromatic rings. The molecule has 0 saturated carbocycles. The van der Waals surface area contributed by atoms with Crippen LogP contribution < -0.4 is 4.90 Å². The Morgan fingerprint density at radius 3 is 3.00 bits per heavy atom. The largest absolute Gasteiger partial charge is 0.481 e. The number of rotatable bonds is 2. The molecular weight excluding hydrogens is 218 g/mol. The Balaban J connectivity index is 2.11. The third-order valence-electron chi connectivity index (χ3n) is 2.45. The van der Waals surface area contributed by atoms with E-state index in [1.54, 1.807) is 6.20 Å². The van der Waals surface area contributed by atoms with Gasteiger partial charge in [-0.3, -0.25) is 9.78 Å². The van der Waals surface area contributed by atoms with E-state index >= 15 is 0 Å². The number of anilines is 1. The van der Waals surface area contributed by atoms with Gasteiger partial charge < -0.3 is 10.0 Å². The SMILES string of the molecule is O=C(O)C1CCN(c2cncc(Cl)n2)C1.